The molecule has 3 nitrogen and oxygen atoms in total. The molecule has 3 heteroatoms. The summed E-state index contributed by atoms with van der Waals surface area (Å²) in [5, 5.41) is 0. The monoisotopic (exact) mass is 152 g/mol. The van der Waals surface area contributed by atoms with Crippen LogP contribution < -0.4 is 5.73 Å². The molecule has 1 saturated carbocycles. The lowest BCUT2D eigenvalue weighted by atomic mass is 10.3. The first-order chi connectivity index (χ1) is 5.24. The highest BCUT2D eigenvalue weighted by Gasteiger charge is 2.44. The molecule has 60 valence electrons. The number of nitrogens with zero attached hydrogens (tertiary/aromatic N) is 1. The number of oxazole rings is 1. The quantitative estimate of drug-likeness (QED) is 0.692. The Hall–Kier alpha value is -0.830. The summed E-state index contributed by atoms with van der Waals surface area (Å²) in [6, 6.07) is 0. The van der Waals surface area contributed by atoms with Gasteiger partial charge in [0.15, 0.2) is 0 Å². The molecule has 1 aliphatic rings. The van der Waals surface area contributed by atoms with Crippen molar-refractivity contribution in [2.24, 2.45) is 5.73 Å². The predicted octanol–water partition coefficient (Wildman–Crippen LogP) is 1.18. The molecule has 0 radical (unpaired) electrons. The van der Waals surface area contributed by atoms with E-state index in [0.717, 1.165) is 25.0 Å². The third kappa shape index (κ3) is 1.05. The molecule has 0 bridgehead atoms. The largest absolute Gasteiger partial charge is 0.447 e. The Morgan fingerprint density at radius 2 is 2.45 bits per heavy atom. The standard InChI is InChI=1S/C8H12N2O/c1-2-6-5-11-7(10-6)8(9)3-4-8/h5H,2-4,9H2,1H3. The Morgan fingerprint density at radius 3 is 2.91 bits per heavy atom. The van der Waals surface area contributed by atoms with E-state index in [1.54, 1.807) is 6.26 Å². The topological polar surface area (TPSA) is 52.0 Å². The molecule has 0 saturated heterocycles. The van der Waals surface area contributed by atoms with Crippen molar-refractivity contribution in [3.8, 4) is 0 Å². The van der Waals surface area contributed by atoms with E-state index in [1.165, 1.54) is 0 Å². The zero-order valence-electron chi connectivity index (χ0n) is 6.63. The van der Waals surface area contributed by atoms with Gasteiger partial charge in [0.05, 0.1) is 11.2 Å². The van der Waals surface area contributed by atoms with Crippen molar-refractivity contribution in [3.63, 3.8) is 0 Å². The molecule has 0 spiro atoms. The van der Waals surface area contributed by atoms with Crippen LogP contribution in [-0.4, -0.2) is 4.98 Å². The van der Waals surface area contributed by atoms with E-state index >= 15 is 0 Å². The van der Waals surface area contributed by atoms with Crippen LogP contribution in [0.15, 0.2) is 10.7 Å². The van der Waals surface area contributed by atoms with Gasteiger partial charge in [-0.25, -0.2) is 4.98 Å². The highest BCUT2D eigenvalue weighted by atomic mass is 16.3. The van der Waals surface area contributed by atoms with Gasteiger partial charge in [0, 0.05) is 0 Å². The maximum atomic E-state index is 5.88. The van der Waals surface area contributed by atoms with Crippen molar-refractivity contribution < 1.29 is 4.42 Å². The van der Waals surface area contributed by atoms with Gasteiger partial charge in [0.2, 0.25) is 5.89 Å². The second-order valence-electron chi connectivity index (χ2n) is 3.15. The summed E-state index contributed by atoms with van der Waals surface area (Å²) >= 11 is 0. The highest BCUT2D eigenvalue weighted by molar-refractivity contribution is 5.13. The second kappa shape index (κ2) is 2.08. The number of hydrogen-bond donors (Lipinski definition) is 1. The van der Waals surface area contributed by atoms with Crippen LogP contribution in [0.2, 0.25) is 0 Å². The van der Waals surface area contributed by atoms with Crippen LogP contribution in [0.5, 0.6) is 0 Å². The molecule has 1 fully saturated rings. The van der Waals surface area contributed by atoms with Crippen LogP contribution in [0, 0.1) is 0 Å². The summed E-state index contributed by atoms with van der Waals surface area (Å²) < 4.78 is 5.25. The molecule has 0 aromatic carbocycles. The van der Waals surface area contributed by atoms with E-state index in [0.29, 0.717) is 5.89 Å². The number of nitrogens with two attached hydrogens (primary N) is 1. The van der Waals surface area contributed by atoms with Crippen LogP contribution >= 0.6 is 0 Å². The minimum absolute atomic E-state index is 0.215. The summed E-state index contributed by atoms with van der Waals surface area (Å²) in [6.07, 6.45) is 4.63. The fourth-order valence-corrected chi connectivity index (χ4v) is 1.05. The SMILES string of the molecule is CCc1coc(C2(N)CC2)n1. The Kier molecular flexibility index (Phi) is 1.29. The summed E-state index contributed by atoms with van der Waals surface area (Å²) in [4.78, 5) is 4.27. The van der Waals surface area contributed by atoms with Crippen molar-refractivity contribution in [1.82, 2.24) is 4.98 Å². The van der Waals surface area contributed by atoms with Crippen molar-refractivity contribution in [2.75, 3.05) is 0 Å². The number of aromatic nitrogens is 1. The van der Waals surface area contributed by atoms with Crippen LogP contribution in [0.4, 0.5) is 0 Å². The first-order valence-electron chi connectivity index (χ1n) is 3.98. The third-order valence-corrected chi connectivity index (χ3v) is 2.13. The summed E-state index contributed by atoms with van der Waals surface area (Å²) in [6.45, 7) is 2.05. The maximum absolute atomic E-state index is 5.88. The maximum Gasteiger partial charge on any atom is 0.214 e. The summed E-state index contributed by atoms with van der Waals surface area (Å²) in [7, 11) is 0. The molecule has 0 aliphatic heterocycles. The van der Waals surface area contributed by atoms with Crippen molar-refractivity contribution in [1.29, 1.82) is 0 Å². The number of hydrogen-bond acceptors (Lipinski definition) is 3. The second-order valence-corrected chi connectivity index (χ2v) is 3.15. The first kappa shape index (κ1) is 6.85. The Bertz CT molecular complexity index is 263. The molecule has 2 N–H and O–H groups in total. The van der Waals surface area contributed by atoms with Gasteiger partial charge >= 0.3 is 0 Å². The van der Waals surface area contributed by atoms with Crippen LogP contribution in [-0.2, 0) is 12.0 Å². The average Bonchev–Trinajstić information content (AvgIpc) is 2.61. The molecule has 1 aromatic rings. The number of aryl methyl sites for hydroxylation is 1. The lowest BCUT2D eigenvalue weighted by molar-refractivity contribution is 0.440. The highest BCUT2D eigenvalue weighted by Crippen LogP contribution is 2.41. The molecule has 11 heavy (non-hydrogen) atoms. The lowest BCUT2D eigenvalue weighted by Gasteiger charge is -1.99. The van der Waals surface area contributed by atoms with Gasteiger partial charge in [-0.15, -0.1) is 0 Å². The third-order valence-electron chi connectivity index (χ3n) is 2.13. The van der Waals surface area contributed by atoms with Gasteiger partial charge in [-0.1, -0.05) is 6.92 Å². The van der Waals surface area contributed by atoms with E-state index in [1.807, 2.05) is 0 Å². The average molecular weight is 152 g/mol. The Labute approximate surface area is 65.6 Å². The normalized spacial score (nSPS) is 20.2. The zero-order valence-corrected chi connectivity index (χ0v) is 6.63. The fourth-order valence-electron chi connectivity index (χ4n) is 1.05. The molecular weight excluding hydrogens is 140 g/mol. The van der Waals surface area contributed by atoms with E-state index in [4.69, 9.17) is 10.2 Å². The Balaban J connectivity index is 2.25. The van der Waals surface area contributed by atoms with Gasteiger partial charge in [-0.3, -0.25) is 0 Å². The summed E-state index contributed by atoms with van der Waals surface area (Å²) in [5.74, 6) is 0.717. The first-order valence-corrected chi connectivity index (χ1v) is 3.98. The van der Waals surface area contributed by atoms with Crippen LogP contribution in [0.1, 0.15) is 31.4 Å². The van der Waals surface area contributed by atoms with Crippen molar-refractivity contribution >= 4 is 0 Å². The number of rotatable bonds is 2. The van der Waals surface area contributed by atoms with Crippen molar-refractivity contribution in [3.05, 3.63) is 17.8 Å². The molecule has 1 heterocycles. The predicted molar refractivity (Wildman–Crippen MR) is 41.0 cm³/mol. The Morgan fingerprint density at radius 1 is 1.73 bits per heavy atom. The molecular formula is C8H12N2O. The molecule has 1 aliphatic carbocycles. The van der Waals surface area contributed by atoms with Gasteiger partial charge in [-0.2, -0.15) is 0 Å². The minimum atomic E-state index is -0.215. The lowest BCUT2D eigenvalue weighted by Crippen LogP contribution is -2.18. The van der Waals surface area contributed by atoms with E-state index < -0.39 is 0 Å². The van der Waals surface area contributed by atoms with E-state index in [9.17, 15) is 0 Å². The van der Waals surface area contributed by atoms with Gasteiger partial charge in [0.25, 0.3) is 0 Å². The van der Waals surface area contributed by atoms with Crippen LogP contribution in [0.3, 0.4) is 0 Å². The minimum Gasteiger partial charge on any atom is -0.447 e. The molecule has 0 unspecified atom stereocenters. The zero-order chi connectivity index (χ0) is 7.90. The molecule has 0 atom stereocenters. The molecule has 0 amide bonds. The van der Waals surface area contributed by atoms with E-state index in [-0.39, 0.29) is 5.54 Å². The van der Waals surface area contributed by atoms with Gasteiger partial charge in [0.1, 0.15) is 6.26 Å². The fraction of sp³-hybridized carbons (Fsp3) is 0.625. The smallest absolute Gasteiger partial charge is 0.214 e. The summed E-state index contributed by atoms with van der Waals surface area (Å²) in [5.41, 5.74) is 6.66. The van der Waals surface area contributed by atoms with Crippen LogP contribution in [0.25, 0.3) is 0 Å². The molecule has 1 aromatic heterocycles. The van der Waals surface area contributed by atoms with Crippen molar-refractivity contribution in [2.45, 2.75) is 31.7 Å². The molecule has 2 rings (SSSR count). The van der Waals surface area contributed by atoms with E-state index in [2.05, 4.69) is 11.9 Å². The van der Waals surface area contributed by atoms with Gasteiger partial charge < -0.3 is 10.2 Å². The van der Waals surface area contributed by atoms with Gasteiger partial charge in [-0.05, 0) is 19.3 Å².